The van der Waals surface area contributed by atoms with Gasteiger partial charge in [0.15, 0.2) is 10.1 Å². The number of aromatic nitrogens is 2. The third kappa shape index (κ3) is 5.41. The van der Waals surface area contributed by atoms with Gasteiger partial charge in [0.2, 0.25) is 5.13 Å². The Kier molecular flexibility index (Phi) is 6.65. The lowest BCUT2D eigenvalue weighted by Gasteiger charge is -2.06. The number of Topliss-reactive ketones (excluding diaryl/α,β-unsaturated/α-hetero) is 1. The van der Waals surface area contributed by atoms with Gasteiger partial charge in [0.05, 0.1) is 18.7 Å². The summed E-state index contributed by atoms with van der Waals surface area (Å²) in [5, 5.41) is 12.0. The molecule has 3 aromatic rings. The normalized spacial score (nSPS) is 10.6. The van der Waals surface area contributed by atoms with Crippen LogP contribution in [0.5, 0.6) is 5.75 Å². The minimum atomic E-state index is -0.256. The van der Waals surface area contributed by atoms with Crippen LogP contribution in [-0.2, 0) is 5.75 Å². The number of nitrogens with one attached hydrogen (secondary N) is 1. The van der Waals surface area contributed by atoms with Gasteiger partial charge in [-0.2, -0.15) is 0 Å². The summed E-state index contributed by atoms with van der Waals surface area (Å²) < 4.78 is 18.8. The van der Waals surface area contributed by atoms with Crippen LogP contribution in [-0.4, -0.2) is 29.6 Å². The Labute approximate surface area is 168 Å². The number of carbonyl (C=O) groups is 1. The molecule has 0 unspecified atom stereocenters. The first-order valence-corrected chi connectivity index (χ1v) is 10.0. The summed E-state index contributed by atoms with van der Waals surface area (Å²) in [6.07, 6.45) is 0. The predicted octanol–water partition coefficient (Wildman–Crippen LogP) is 4.93. The zero-order chi connectivity index (χ0) is 19.2. The molecule has 0 radical (unpaired) electrons. The van der Waals surface area contributed by atoms with E-state index in [9.17, 15) is 9.18 Å². The van der Waals surface area contributed by atoms with Gasteiger partial charge in [-0.3, -0.25) is 4.79 Å². The molecule has 0 saturated heterocycles. The lowest BCUT2D eigenvalue weighted by Crippen LogP contribution is -2.13. The number of rotatable bonds is 8. The van der Waals surface area contributed by atoms with E-state index in [-0.39, 0.29) is 18.1 Å². The topological polar surface area (TPSA) is 64.1 Å². The number of ether oxygens (including phenoxy) is 1. The van der Waals surface area contributed by atoms with Crippen molar-refractivity contribution in [2.75, 3.05) is 19.0 Å². The fourth-order valence-electron chi connectivity index (χ4n) is 2.16. The predicted molar refractivity (Wildman–Crippen MR) is 107 cm³/mol. The van der Waals surface area contributed by atoms with Crippen LogP contribution in [0.3, 0.4) is 0 Å². The van der Waals surface area contributed by atoms with Crippen molar-refractivity contribution < 1.29 is 13.9 Å². The fourth-order valence-corrected chi connectivity index (χ4v) is 4.12. The van der Waals surface area contributed by atoms with Crippen LogP contribution in [0, 0.1) is 5.82 Å². The molecule has 1 heterocycles. The molecule has 9 heteroatoms. The van der Waals surface area contributed by atoms with Crippen molar-refractivity contribution in [2.24, 2.45) is 0 Å². The van der Waals surface area contributed by atoms with Crippen molar-refractivity contribution in [1.29, 1.82) is 0 Å². The first-order valence-electron chi connectivity index (χ1n) is 7.86. The lowest BCUT2D eigenvalue weighted by atomic mass is 10.1. The molecule has 0 amide bonds. The van der Waals surface area contributed by atoms with E-state index in [0.29, 0.717) is 27.2 Å². The fraction of sp³-hybridized carbons (Fsp3) is 0.167. The van der Waals surface area contributed by atoms with Crippen molar-refractivity contribution in [3.63, 3.8) is 0 Å². The molecule has 140 valence electrons. The van der Waals surface area contributed by atoms with Gasteiger partial charge in [0.1, 0.15) is 11.6 Å². The Balaban J connectivity index is 1.52. The molecule has 1 aromatic heterocycles. The van der Waals surface area contributed by atoms with Gasteiger partial charge >= 0.3 is 0 Å². The first-order chi connectivity index (χ1) is 13.0. The molecule has 0 saturated carbocycles. The minimum Gasteiger partial charge on any atom is -0.495 e. The Morgan fingerprint density at radius 2 is 2.04 bits per heavy atom. The van der Waals surface area contributed by atoms with Gasteiger partial charge in [-0.15, -0.1) is 10.2 Å². The minimum absolute atomic E-state index is 0.0833. The average molecular weight is 424 g/mol. The van der Waals surface area contributed by atoms with E-state index in [2.05, 4.69) is 15.5 Å². The van der Waals surface area contributed by atoms with Gasteiger partial charge in [0, 0.05) is 11.3 Å². The number of thioether (sulfide) groups is 1. The second kappa shape index (κ2) is 9.16. The molecule has 2 aromatic carbocycles. The van der Waals surface area contributed by atoms with Crippen LogP contribution < -0.4 is 10.1 Å². The largest absolute Gasteiger partial charge is 0.495 e. The number of carbonyl (C=O) groups excluding carboxylic acids is 1. The number of hydrogen-bond acceptors (Lipinski definition) is 7. The standard InChI is InChI=1S/C18H15ClFN3O2S2/c1-25-16-7-4-12(8-14(16)19)15(24)9-21-17-22-23-18(27-17)26-10-11-2-5-13(20)6-3-11/h2-8H,9-10H2,1H3,(H,21,22). The van der Waals surface area contributed by atoms with Crippen LogP contribution in [0.1, 0.15) is 15.9 Å². The third-order valence-corrected chi connectivity index (χ3v) is 5.94. The summed E-state index contributed by atoms with van der Waals surface area (Å²) in [5.74, 6) is 0.815. The maximum atomic E-state index is 12.9. The Hall–Kier alpha value is -2.16. The van der Waals surface area contributed by atoms with E-state index < -0.39 is 0 Å². The highest BCUT2D eigenvalue weighted by atomic mass is 35.5. The number of halogens is 2. The van der Waals surface area contributed by atoms with Gasteiger partial charge in [0.25, 0.3) is 0 Å². The SMILES string of the molecule is COc1ccc(C(=O)CNc2nnc(SCc3ccc(F)cc3)s2)cc1Cl. The van der Waals surface area contributed by atoms with Crippen LogP contribution in [0.25, 0.3) is 0 Å². The van der Waals surface area contributed by atoms with E-state index in [0.717, 1.165) is 9.90 Å². The zero-order valence-corrected chi connectivity index (χ0v) is 16.6. The van der Waals surface area contributed by atoms with Crippen molar-refractivity contribution in [1.82, 2.24) is 10.2 Å². The number of hydrogen-bond donors (Lipinski definition) is 1. The molecule has 0 aliphatic rings. The maximum Gasteiger partial charge on any atom is 0.206 e. The van der Waals surface area contributed by atoms with Gasteiger partial charge in [-0.25, -0.2) is 4.39 Å². The molecule has 27 heavy (non-hydrogen) atoms. The van der Waals surface area contributed by atoms with Crippen molar-refractivity contribution in [3.05, 3.63) is 64.4 Å². The van der Waals surface area contributed by atoms with E-state index in [1.807, 2.05) is 0 Å². The second-order valence-electron chi connectivity index (χ2n) is 5.41. The van der Waals surface area contributed by atoms with Crippen LogP contribution in [0.4, 0.5) is 9.52 Å². The van der Waals surface area contributed by atoms with E-state index in [1.54, 1.807) is 30.3 Å². The average Bonchev–Trinajstić information content (AvgIpc) is 3.13. The van der Waals surface area contributed by atoms with Crippen LogP contribution in [0.15, 0.2) is 46.8 Å². The van der Waals surface area contributed by atoms with E-state index in [4.69, 9.17) is 16.3 Å². The summed E-state index contributed by atoms with van der Waals surface area (Å²) in [6, 6.07) is 11.2. The molecule has 3 rings (SSSR count). The molecule has 0 bridgehead atoms. The van der Waals surface area contributed by atoms with Crippen molar-refractivity contribution >= 4 is 45.6 Å². The van der Waals surface area contributed by atoms with Gasteiger partial charge in [-0.05, 0) is 35.9 Å². The molecule has 0 aliphatic heterocycles. The number of ketones is 1. The summed E-state index contributed by atoms with van der Waals surface area (Å²) in [7, 11) is 1.52. The number of benzene rings is 2. The van der Waals surface area contributed by atoms with E-state index in [1.165, 1.54) is 42.3 Å². The molecule has 1 N–H and O–H groups in total. The summed E-state index contributed by atoms with van der Waals surface area (Å²) in [5.41, 5.74) is 1.49. The van der Waals surface area contributed by atoms with Crippen LogP contribution >= 0.6 is 34.7 Å². The highest BCUT2D eigenvalue weighted by Crippen LogP contribution is 2.28. The highest BCUT2D eigenvalue weighted by Gasteiger charge is 2.11. The quantitative estimate of drug-likeness (QED) is 0.409. The highest BCUT2D eigenvalue weighted by molar-refractivity contribution is 8.00. The molecular formula is C18H15ClFN3O2S2. The zero-order valence-electron chi connectivity index (χ0n) is 14.2. The Morgan fingerprint density at radius 1 is 1.26 bits per heavy atom. The molecule has 5 nitrogen and oxygen atoms in total. The lowest BCUT2D eigenvalue weighted by molar-refractivity contribution is 0.101. The molecule has 0 atom stereocenters. The molecule has 0 fully saturated rings. The summed E-state index contributed by atoms with van der Waals surface area (Å²) >= 11 is 8.91. The first kappa shape index (κ1) is 19.6. The monoisotopic (exact) mass is 423 g/mol. The smallest absolute Gasteiger partial charge is 0.206 e. The second-order valence-corrected chi connectivity index (χ2v) is 8.02. The third-order valence-electron chi connectivity index (χ3n) is 3.56. The Bertz CT molecular complexity index is 935. The molecule has 0 spiro atoms. The number of methoxy groups -OCH3 is 1. The van der Waals surface area contributed by atoms with Gasteiger partial charge in [-0.1, -0.05) is 46.8 Å². The van der Waals surface area contributed by atoms with Gasteiger partial charge < -0.3 is 10.1 Å². The maximum absolute atomic E-state index is 12.9. The summed E-state index contributed by atoms with van der Waals surface area (Å²) in [6.45, 7) is 0.0833. The number of nitrogens with zero attached hydrogens (tertiary/aromatic N) is 2. The van der Waals surface area contributed by atoms with Crippen molar-refractivity contribution in [2.45, 2.75) is 10.1 Å². The van der Waals surface area contributed by atoms with E-state index >= 15 is 0 Å². The Morgan fingerprint density at radius 3 is 2.74 bits per heavy atom. The summed E-state index contributed by atoms with van der Waals surface area (Å²) in [4.78, 5) is 12.3. The molecular weight excluding hydrogens is 409 g/mol. The molecule has 0 aliphatic carbocycles. The van der Waals surface area contributed by atoms with Crippen molar-refractivity contribution in [3.8, 4) is 5.75 Å². The van der Waals surface area contributed by atoms with Crippen LogP contribution in [0.2, 0.25) is 5.02 Å². The number of anilines is 1.